The van der Waals surface area contributed by atoms with Crippen LogP contribution in [0.5, 0.6) is 5.75 Å². The van der Waals surface area contributed by atoms with Crippen molar-refractivity contribution in [1.29, 1.82) is 5.26 Å². The fourth-order valence-corrected chi connectivity index (χ4v) is 5.04. The number of carbonyl (C=O) groups is 1. The number of ether oxygens (including phenoxy) is 2. The molecule has 9 heteroatoms. The highest BCUT2D eigenvalue weighted by Crippen LogP contribution is 2.45. The van der Waals surface area contributed by atoms with Crippen molar-refractivity contribution in [2.24, 2.45) is 11.3 Å². The summed E-state index contributed by atoms with van der Waals surface area (Å²) < 4.78 is 51.6. The van der Waals surface area contributed by atoms with E-state index in [0.29, 0.717) is 50.6 Å². The quantitative estimate of drug-likeness (QED) is 0.636. The summed E-state index contributed by atoms with van der Waals surface area (Å²) in [6, 6.07) is 14.6. The van der Waals surface area contributed by atoms with Gasteiger partial charge in [-0.25, -0.2) is 0 Å². The van der Waals surface area contributed by atoms with Crippen molar-refractivity contribution in [3.05, 3.63) is 59.7 Å². The zero-order valence-electron chi connectivity index (χ0n) is 18.8. The number of hydrogen-bond acceptors (Lipinski definition) is 5. The number of benzene rings is 2. The van der Waals surface area contributed by atoms with Crippen LogP contribution in [0, 0.1) is 22.7 Å². The summed E-state index contributed by atoms with van der Waals surface area (Å²) in [5.74, 6) is 0.535. The molecule has 6 nitrogen and oxygen atoms in total. The molecule has 180 valence electrons. The number of nitriles is 1. The lowest BCUT2D eigenvalue weighted by atomic mass is 9.73. The van der Waals surface area contributed by atoms with Gasteiger partial charge in [-0.15, -0.1) is 0 Å². The molecular weight excluding hydrogens is 447 g/mol. The standard InChI is InChI=1S/C25H26F3N3O3/c1-33-17-24-9-10-30(23(32)15-34-21-5-3-2-4-6-21)13-19(24)14-31(16-24)20-8-7-18(12-29)22(11-20)25(26,27)28/h2-8,11,19H,9-10,13-17H2,1H3/t19-,24+/m1/s1. The van der Waals surface area contributed by atoms with Crippen molar-refractivity contribution in [3.63, 3.8) is 0 Å². The lowest BCUT2D eigenvalue weighted by Gasteiger charge is -2.42. The molecule has 2 fully saturated rings. The molecule has 2 aliphatic heterocycles. The van der Waals surface area contributed by atoms with Crippen LogP contribution in [0.25, 0.3) is 0 Å². The average Bonchev–Trinajstić information content (AvgIpc) is 3.21. The Hall–Kier alpha value is -3.25. The summed E-state index contributed by atoms with van der Waals surface area (Å²) in [4.78, 5) is 16.5. The second kappa shape index (κ2) is 9.55. The minimum atomic E-state index is -4.61. The highest BCUT2D eigenvalue weighted by Gasteiger charge is 2.50. The molecular formula is C25H26F3N3O3. The van der Waals surface area contributed by atoms with E-state index < -0.39 is 17.3 Å². The van der Waals surface area contributed by atoms with Crippen molar-refractivity contribution >= 4 is 11.6 Å². The van der Waals surface area contributed by atoms with E-state index in [-0.39, 0.29) is 23.8 Å². The van der Waals surface area contributed by atoms with E-state index in [0.717, 1.165) is 6.07 Å². The van der Waals surface area contributed by atoms with Crippen LogP contribution in [-0.4, -0.2) is 57.3 Å². The molecule has 2 aromatic carbocycles. The van der Waals surface area contributed by atoms with Gasteiger partial charge in [0.05, 0.1) is 23.8 Å². The van der Waals surface area contributed by atoms with Crippen molar-refractivity contribution in [3.8, 4) is 11.8 Å². The molecule has 2 atom stereocenters. The molecule has 1 amide bonds. The number of hydrogen-bond donors (Lipinski definition) is 0. The zero-order valence-corrected chi connectivity index (χ0v) is 18.8. The fourth-order valence-electron chi connectivity index (χ4n) is 5.04. The number of amides is 1. The Labute approximate surface area is 196 Å². The van der Waals surface area contributed by atoms with Gasteiger partial charge in [-0.2, -0.15) is 18.4 Å². The molecule has 0 saturated carbocycles. The first-order valence-corrected chi connectivity index (χ1v) is 11.1. The molecule has 0 spiro atoms. The van der Waals surface area contributed by atoms with E-state index >= 15 is 0 Å². The van der Waals surface area contributed by atoms with Crippen molar-refractivity contribution in [1.82, 2.24) is 4.90 Å². The van der Waals surface area contributed by atoms with Gasteiger partial charge in [0, 0.05) is 50.3 Å². The van der Waals surface area contributed by atoms with E-state index in [1.165, 1.54) is 6.07 Å². The number of fused-ring (bicyclic) bond motifs is 1. The van der Waals surface area contributed by atoms with Gasteiger partial charge in [-0.05, 0) is 36.8 Å². The van der Waals surface area contributed by atoms with Gasteiger partial charge in [0.2, 0.25) is 0 Å². The lowest BCUT2D eigenvalue weighted by molar-refractivity contribution is -0.138. The molecule has 2 heterocycles. The van der Waals surface area contributed by atoms with Crippen LogP contribution >= 0.6 is 0 Å². The average molecular weight is 473 g/mol. The smallest absolute Gasteiger partial charge is 0.417 e. The molecule has 2 aliphatic rings. The third-order valence-corrected chi connectivity index (χ3v) is 6.82. The molecule has 0 N–H and O–H groups in total. The van der Waals surface area contributed by atoms with Crippen LogP contribution in [-0.2, 0) is 15.7 Å². The Balaban J connectivity index is 1.49. The van der Waals surface area contributed by atoms with Gasteiger partial charge in [0.25, 0.3) is 5.91 Å². The van der Waals surface area contributed by atoms with Gasteiger partial charge < -0.3 is 19.3 Å². The third-order valence-electron chi connectivity index (χ3n) is 6.82. The summed E-state index contributed by atoms with van der Waals surface area (Å²) in [6.45, 7) is 2.43. The summed E-state index contributed by atoms with van der Waals surface area (Å²) in [5.41, 5.74) is -1.17. The van der Waals surface area contributed by atoms with Crippen LogP contribution in [0.1, 0.15) is 17.5 Å². The monoisotopic (exact) mass is 473 g/mol. The number of para-hydroxylation sites is 1. The van der Waals surface area contributed by atoms with E-state index in [1.807, 2.05) is 23.1 Å². The van der Waals surface area contributed by atoms with Crippen LogP contribution in [0.3, 0.4) is 0 Å². The van der Waals surface area contributed by atoms with Gasteiger partial charge in [0.1, 0.15) is 5.75 Å². The normalized spacial score (nSPS) is 22.3. The summed E-state index contributed by atoms with van der Waals surface area (Å²) in [7, 11) is 1.61. The Morgan fingerprint density at radius 3 is 2.65 bits per heavy atom. The van der Waals surface area contributed by atoms with Crippen molar-refractivity contribution in [2.45, 2.75) is 12.6 Å². The summed E-state index contributed by atoms with van der Waals surface area (Å²) >= 11 is 0. The second-order valence-electron chi connectivity index (χ2n) is 8.90. The first-order valence-electron chi connectivity index (χ1n) is 11.1. The molecule has 0 unspecified atom stereocenters. The predicted octanol–water partition coefficient (Wildman–Crippen LogP) is 3.96. The maximum absolute atomic E-state index is 13.5. The Bertz CT molecular complexity index is 1070. The van der Waals surface area contributed by atoms with Crippen LogP contribution in [0.2, 0.25) is 0 Å². The highest BCUT2D eigenvalue weighted by molar-refractivity contribution is 5.78. The highest BCUT2D eigenvalue weighted by atomic mass is 19.4. The summed E-state index contributed by atoms with van der Waals surface area (Å²) in [6.07, 6.45) is -3.93. The van der Waals surface area contributed by atoms with Crippen LogP contribution < -0.4 is 9.64 Å². The molecule has 0 aromatic heterocycles. The first-order chi connectivity index (χ1) is 16.3. The number of anilines is 1. The van der Waals surface area contributed by atoms with Crippen LogP contribution in [0.15, 0.2) is 48.5 Å². The zero-order chi connectivity index (χ0) is 24.3. The van der Waals surface area contributed by atoms with Gasteiger partial charge in [-0.1, -0.05) is 18.2 Å². The predicted molar refractivity (Wildman–Crippen MR) is 119 cm³/mol. The molecule has 2 aromatic rings. The lowest BCUT2D eigenvalue weighted by Crippen LogP contribution is -2.51. The third kappa shape index (κ3) is 4.82. The number of nitrogens with zero attached hydrogens (tertiary/aromatic N) is 3. The number of piperidine rings is 1. The Morgan fingerprint density at radius 2 is 1.97 bits per heavy atom. The van der Waals surface area contributed by atoms with Gasteiger partial charge in [0.15, 0.2) is 6.61 Å². The van der Waals surface area contributed by atoms with E-state index in [2.05, 4.69) is 0 Å². The fraction of sp³-hybridized carbons (Fsp3) is 0.440. The van der Waals surface area contributed by atoms with Gasteiger partial charge in [-0.3, -0.25) is 4.79 Å². The van der Waals surface area contributed by atoms with E-state index in [1.54, 1.807) is 36.3 Å². The molecule has 0 radical (unpaired) electrons. The number of carbonyl (C=O) groups excluding carboxylic acids is 1. The molecule has 4 rings (SSSR count). The van der Waals surface area contributed by atoms with Gasteiger partial charge >= 0.3 is 6.18 Å². The topological polar surface area (TPSA) is 65.8 Å². The maximum atomic E-state index is 13.5. The first kappa shape index (κ1) is 23.9. The summed E-state index contributed by atoms with van der Waals surface area (Å²) in [5, 5.41) is 9.09. The Kier molecular flexibility index (Phi) is 6.71. The van der Waals surface area contributed by atoms with Crippen molar-refractivity contribution in [2.75, 3.05) is 51.4 Å². The minimum absolute atomic E-state index is 0.0341. The number of rotatable bonds is 6. The largest absolute Gasteiger partial charge is 0.484 e. The molecule has 34 heavy (non-hydrogen) atoms. The number of halogens is 3. The number of methoxy groups -OCH3 is 1. The maximum Gasteiger partial charge on any atom is 0.417 e. The number of alkyl halides is 3. The van der Waals surface area contributed by atoms with E-state index in [4.69, 9.17) is 14.7 Å². The minimum Gasteiger partial charge on any atom is -0.484 e. The molecule has 0 bridgehead atoms. The SMILES string of the molecule is COC[C@@]12CCN(C(=O)COc3ccccc3)C[C@@H]1CN(c1ccc(C#N)c(C(F)(F)F)c1)C2. The van der Waals surface area contributed by atoms with Crippen molar-refractivity contribution < 1.29 is 27.4 Å². The van der Waals surface area contributed by atoms with Crippen LogP contribution in [0.4, 0.5) is 18.9 Å². The molecule has 0 aliphatic carbocycles. The number of likely N-dealkylation sites (tertiary alicyclic amines) is 1. The van der Waals surface area contributed by atoms with E-state index in [9.17, 15) is 18.0 Å². The Morgan fingerprint density at radius 1 is 1.21 bits per heavy atom. The second-order valence-corrected chi connectivity index (χ2v) is 8.90. The molecule has 2 saturated heterocycles.